The van der Waals surface area contributed by atoms with Crippen LogP contribution in [0.1, 0.15) is 10.4 Å². The van der Waals surface area contributed by atoms with E-state index < -0.39 is 5.63 Å². The van der Waals surface area contributed by atoms with Gasteiger partial charge in [0.1, 0.15) is 11.3 Å². The maximum atomic E-state index is 12.9. The average Bonchev–Trinajstić information content (AvgIpc) is 3.16. The van der Waals surface area contributed by atoms with Gasteiger partial charge in [-0.15, -0.1) is 10.2 Å². The first-order valence-corrected chi connectivity index (χ1v) is 10.0. The standard InChI is InChI=1S/C21H17N3O4S/c1-13-10-19(26)28-17-11-15(8-9-16(13)17)27-12-18(25)24-20(22-23-21(24)29-2)14-6-4-3-5-7-14/h3-11H,12H2,1-2H3. The molecule has 146 valence electrons. The van der Waals surface area contributed by atoms with Crippen LogP contribution in [0.3, 0.4) is 0 Å². The molecule has 0 saturated carbocycles. The Bertz CT molecular complexity index is 1250. The largest absolute Gasteiger partial charge is 0.484 e. The van der Waals surface area contributed by atoms with Crippen LogP contribution in [0.25, 0.3) is 22.4 Å². The summed E-state index contributed by atoms with van der Waals surface area (Å²) in [7, 11) is 0. The second-order valence-corrected chi connectivity index (χ2v) is 7.07. The summed E-state index contributed by atoms with van der Waals surface area (Å²) in [4.78, 5) is 24.5. The maximum absolute atomic E-state index is 12.9. The summed E-state index contributed by atoms with van der Waals surface area (Å²) in [6.07, 6.45) is 1.83. The zero-order valence-corrected chi connectivity index (χ0v) is 16.6. The number of hydrogen-bond acceptors (Lipinski definition) is 7. The van der Waals surface area contributed by atoms with E-state index >= 15 is 0 Å². The van der Waals surface area contributed by atoms with E-state index in [1.165, 1.54) is 22.4 Å². The molecule has 2 aromatic carbocycles. The van der Waals surface area contributed by atoms with E-state index in [-0.39, 0.29) is 12.5 Å². The summed E-state index contributed by atoms with van der Waals surface area (Å²) in [6, 6.07) is 16.0. The number of aryl methyl sites for hydroxylation is 1. The first-order chi connectivity index (χ1) is 14.1. The van der Waals surface area contributed by atoms with Crippen LogP contribution in [0, 0.1) is 6.92 Å². The number of hydrogen-bond donors (Lipinski definition) is 0. The minimum atomic E-state index is -0.426. The van der Waals surface area contributed by atoms with Gasteiger partial charge in [0.25, 0.3) is 5.91 Å². The summed E-state index contributed by atoms with van der Waals surface area (Å²) in [6.45, 7) is 1.62. The van der Waals surface area contributed by atoms with Crippen LogP contribution in [-0.2, 0) is 0 Å². The van der Waals surface area contributed by atoms with Gasteiger partial charge in [0.2, 0.25) is 0 Å². The fraction of sp³-hybridized carbons (Fsp3) is 0.143. The smallest absolute Gasteiger partial charge is 0.336 e. The van der Waals surface area contributed by atoms with Gasteiger partial charge in [0.15, 0.2) is 17.6 Å². The number of aromatic nitrogens is 3. The van der Waals surface area contributed by atoms with E-state index in [2.05, 4.69) is 10.2 Å². The Kier molecular flexibility index (Phi) is 5.18. The van der Waals surface area contributed by atoms with Gasteiger partial charge < -0.3 is 9.15 Å². The van der Waals surface area contributed by atoms with Crippen molar-refractivity contribution in [3.8, 4) is 17.1 Å². The lowest BCUT2D eigenvalue weighted by Gasteiger charge is -2.10. The quantitative estimate of drug-likeness (QED) is 0.367. The molecule has 0 saturated heterocycles. The van der Waals surface area contributed by atoms with Crippen molar-refractivity contribution in [1.29, 1.82) is 0 Å². The molecule has 2 aromatic heterocycles. The Balaban J connectivity index is 1.60. The number of benzene rings is 2. The number of carbonyl (C=O) groups is 1. The molecule has 0 atom stereocenters. The fourth-order valence-corrected chi connectivity index (χ4v) is 3.50. The number of nitrogens with zero attached hydrogens (tertiary/aromatic N) is 3. The molecular formula is C21H17N3O4S. The van der Waals surface area contributed by atoms with E-state index in [9.17, 15) is 9.59 Å². The van der Waals surface area contributed by atoms with Gasteiger partial charge in [0.05, 0.1) is 0 Å². The molecule has 4 rings (SSSR count). The molecule has 0 spiro atoms. The van der Waals surface area contributed by atoms with Gasteiger partial charge in [-0.25, -0.2) is 9.36 Å². The van der Waals surface area contributed by atoms with E-state index in [1.807, 2.05) is 43.5 Å². The highest BCUT2D eigenvalue weighted by atomic mass is 32.2. The number of fused-ring (bicyclic) bond motifs is 1. The molecule has 0 N–H and O–H groups in total. The Morgan fingerprint density at radius 3 is 2.69 bits per heavy atom. The van der Waals surface area contributed by atoms with Gasteiger partial charge >= 0.3 is 5.63 Å². The number of thioether (sulfide) groups is 1. The van der Waals surface area contributed by atoms with Crippen molar-refractivity contribution in [3.63, 3.8) is 0 Å². The van der Waals surface area contributed by atoms with Crippen LogP contribution in [0.2, 0.25) is 0 Å². The molecule has 7 nitrogen and oxygen atoms in total. The molecule has 0 unspecified atom stereocenters. The van der Waals surface area contributed by atoms with Crippen molar-refractivity contribution in [2.24, 2.45) is 0 Å². The third kappa shape index (κ3) is 3.79. The highest BCUT2D eigenvalue weighted by Gasteiger charge is 2.20. The van der Waals surface area contributed by atoms with E-state index in [0.29, 0.717) is 22.3 Å². The zero-order chi connectivity index (χ0) is 20.4. The van der Waals surface area contributed by atoms with Crippen molar-refractivity contribution in [1.82, 2.24) is 14.8 Å². The average molecular weight is 407 g/mol. The molecule has 4 aromatic rings. The van der Waals surface area contributed by atoms with Crippen molar-refractivity contribution >= 4 is 28.6 Å². The third-order valence-corrected chi connectivity index (χ3v) is 5.01. The molecule has 0 fully saturated rings. The van der Waals surface area contributed by atoms with E-state index in [4.69, 9.17) is 9.15 Å². The summed E-state index contributed by atoms with van der Waals surface area (Å²) in [5, 5.41) is 9.56. The SMILES string of the molecule is CSc1nnc(-c2ccccc2)n1C(=O)COc1ccc2c(C)cc(=O)oc2c1. The minimum absolute atomic E-state index is 0.215. The van der Waals surface area contributed by atoms with Crippen LogP contribution in [0.4, 0.5) is 0 Å². The third-order valence-electron chi connectivity index (χ3n) is 4.38. The normalized spacial score (nSPS) is 11.0. The minimum Gasteiger partial charge on any atom is -0.484 e. The molecule has 8 heteroatoms. The lowest BCUT2D eigenvalue weighted by atomic mass is 10.1. The fourth-order valence-electron chi connectivity index (χ4n) is 3.01. The van der Waals surface area contributed by atoms with Crippen molar-refractivity contribution in [3.05, 3.63) is 70.6 Å². The highest BCUT2D eigenvalue weighted by molar-refractivity contribution is 7.98. The van der Waals surface area contributed by atoms with Crippen molar-refractivity contribution in [2.75, 3.05) is 12.9 Å². The van der Waals surface area contributed by atoms with E-state index in [1.54, 1.807) is 18.2 Å². The molecule has 0 amide bonds. The molecule has 29 heavy (non-hydrogen) atoms. The first kappa shape index (κ1) is 18.9. The van der Waals surface area contributed by atoms with Crippen LogP contribution < -0.4 is 10.4 Å². The van der Waals surface area contributed by atoms with Crippen LogP contribution in [-0.4, -0.2) is 33.5 Å². The molecule has 0 aliphatic carbocycles. The predicted octanol–water partition coefficient (Wildman–Crippen LogP) is 3.80. The number of rotatable bonds is 5. The van der Waals surface area contributed by atoms with Crippen LogP contribution in [0.15, 0.2) is 69.0 Å². The Morgan fingerprint density at radius 2 is 1.93 bits per heavy atom. The van der Waals surface area contributed by atoms with Gasteiger partial charge in [-0.05, 0) is 30.9 Å². The second-order valence-electron chi connectivity index (χ2n) is 6.30. The summed E-state index contributed by atoms with van der Waals surface area (Å²) in [5.41, 5.74) is 1.60. The molecule has 2 heterocycles. The number of ether oxygens (including phenoxy) is 1. The van der Waals surface area contributed by atoms with Gasteiger partial charge in [-0.1, -0.05) is 42.1 Å². The Morgan fingerprint density at radius 1 is 1.14 bits per heavy atom. The summed E-state index contributed by atoms with van der Waals surface area (Å²) in [5.74, 6) is 0.590. The molecule has 0 radical (unpaired) electrons. The number of carbonyl (C=O) groups excluding carboxylic acids is 1. The van der Waals surface area contributed by atoms with Gasteiger partial charge in [-0.3, -0.25) is 4.79 Å². The monoisotopic (exact) mass is 407 g/mol. The van der Waals surface area contributed by atoms with E-state index in [0.717, 1.165) is 16.5 Å². The Hall–Kier alpha value is -3.39. The molecule has 0 bridgehead atoms. The lowest BCUT2D eigenvalue weighted by molar-refractivity contribution is 0.0828. The van der Waals surface area contributed by atoms with Gasteiger partial charge in [-0.2, -0.15) is 0 Å². The predicted molar refractivity (Wildman–Crippen MR) is 111 cm³/mol. The Labute approximate surface area is 170 Å². The molecule has 0 aliphatic rings. The maximum Gasteiger partial charge on any atom is 0.336 e. The van der Waals surface area contributed by atoms with Crippen LogP contribution >= 0.6 is 11.8 Å². The second kappa shape index (κ2) is 7.92. The van der Waals surface area contributed by atoms with Gasteiger partial charge in [0, 0.05) is 23.1 Å². The lowest BCUT2D eigenvalue weighted by Crippen LogP contribution is -2.21. The topological polar surface area (TPSA) is 87.2 Å². The summed E-state index contributed by atoms with van der Waals surface area (Å²) >= 11 is 1.33. The summed E-state index contributed by atoms with van der Waals surface area (Å²) < 4.78 is 12.3. The zero-order valence-electron chi connectivity index (χ0n) is 15.8. The molecular weight excluding hydrogens is 390 g/mol. The molecule has 0 aliphatic heterocycles. The van der Waals surface area contributed by atoms with Crippen molar-refractivity contribution in [2.45, 2.75) is 12.1 Å². The highest BCUT2D eigenvalue weighted by Crippen LogP contribution is 2.24. The van der Waals surface area contributed by atoms with Crippen molar-refractivity contribution < 1.29 is 13.9 Å². The first-order valence-electron chi connectivity index (χ1n) is 8.82. The van der Waals surface area contributed by atoms with Crippen LogP contribution in [0.5, 0.6) is 5.75 Å².